The van der Waals surface area contributed by atoms with Crippen LogP contribution < -0.4 is 5.32 Å². The molecule has 11 nitrogen and oxygen atoms in total. The minimum Gasteiger partial charge on any atom is -0.435 e. The van der Waals surface area contributed by atoms with Gasteiger partial charge in [-0.05, 0) is 72.6 Å². The summed E-state index contributed by atoms with van der Waals surface area (Å²) in [6.45, 7) is 1.15. The number of ether oxygens (including phenoxy) is 3. The highest BCUT2D eigenvalue weighted by molar-refractivity contribution is 7.13. The third kappa shape index (κ3) is 7.04. The van der Waals surface area contributed by atoms with Crippen LogP contribution in [-0.4, -0.2) is 56.1 Å². The molecule has 3 aliphatic carbocycles. The van der Waals surface area contributed by atoms with Crippen molar-refractivity contribution in [1.29, 1.82) is 0 Å². The summed E-state index contributed by atoms with van der Waals surface area (Å²) in [5.41, 5.74) is 2.52. The van der Waals surface area contributed by atoms with Gasteiger partial charge in [0.15, 0.2) is 23.1 Å². The molecule has 1 N–H and O–H groups in total. The number of rotatable bonds is 12. The van der Waals surface area contributed by atoms with Gasteiger partial charge in [-0.3, -0.25) is 4.79 Å². The van der Waals surface area contributed by atoms with Crippen molar-refractivity contribution in [3.05, 3.63) is 149 Å². The van der Waals surface area contributed by atoms with E-state index < -0.39 is 48.2 Å². The summed E-state index contributed by atoms with van der Waals surface area (Å²) in [6, 6.07) is 32.9. The van der Waals surface area contributed by atoms with Gasteiger partial charge in [-0.25, -0.2) is 29.1 Å². The second-order valence-electron chi connectivity index (χ2n) is 14.9. The third-order valence-corrected chi connectivity index (χ3v) is 12.6. The van der Waals surface area contributed by atoms with E-state index in [2.05, 4.69) is 15.3 Å². The lowest BCUT2D eigenvalue weighted by atomic mass is 9.61. The highest BCUT2D eigenvalue weighted by Crippen LogP contribution is 2.48. The maximum Gasteiger partial charge on any atom is 0.511 e. The van der Waals surface area contributed by atoms with Crippen molar-refractivity contribution in [2.45, 2.75) is 44.2 Å². The second kappa shape index (κ2) is 16.6. The van der Waals surface area contributed by atoms with Crippen LogP contribution in [0, 0.1) is 29.5 Å². The third-order valence-electron chi connectivity index (χ3n) is 11.7. The topological polar surface area (TPSA) is 130 Å². The summed E-state index contributed by atoms with van der Waals surface area (Å²) in [7, 11) is 0. The molecule has 0 spiro atoms. The first kappa shape index (κ1) is 38.9. The summed E-state index contributed by atoms with van der Waals surface area (Å²) in [4.78, 5) is 44.8. The molecule has 0 unspecified atom stereocenters. The molecule has 3 fully saturated rings. The number of thiophene rings is 1. The van der Waals surface area contributed by atoms with Crippen molar-refractivity contribution >= 4 is 40.4 Å². The van der Waals surface area contributed by atoms with Crippen molar-refractivity contribution in [2.24, 2.45) is 17.8 Å². The van der Waals surface area contributed by atoms with Crippen LogP contribution >= 0.6 is 11.3 Å². The minimum absolute atomic E-state index is 0.00615. The number of halogens is 2. The zero-order valence-corrected chi connectivity index (χ0v) is 33.4. The molecule has 3 aromatic carbocycles. The Labute approximate surface area is 348 Å². The number of carbonyl (C=O) groups is 2. The van der Waals surface area contributed by atoms with E-state index >= 15 is 8.78 Å². The number of hydrogen-bond donors (Lipinski definition) is 1. The maximum absolute atomic E-state index is 17.0. The Bertz CT molecular complexity index is 2530. The molecular formula is C46H40F2N6O5S. The number of esters is 1. The molecule has 60 heavy (non-hydrogen) atoms. The van der Waals surface area contributed by atoms with Crippen LogP contribution in [0.15, 0.2) is 121 Å². The van der Waals surface area contributed by atoms with Crippen molar-refractivity contribution < 1.29 is 32.6 Å². The van der Waals surface area contributed by atoms with Crippen LogP contribution in [0.3, 0.4) is 0 Å². The molecule has 4 aromatic heterocycles. The van der Waals surface area contributed by atoms with E-state index in [1.165, 1.54) is 11.3 Å². The zero-order valence-electron chi connectivity index (χ0n) is 32.5. The number of fused-ring (bicyclic) bond motifs is 4. The smallest absolute Gasteiger partial charge is 0.435 e. The quantitative estimate of drug-likeness (QED) is 0.0722. The van der Waals surface area contributed by atoms with Crippen LogP contribution in [-0.2, 0) is 24.5 Å². The normalized spacial score (nSPS) is 18.6. The van der Waals surface area contributed by atoms with E-state index in [4.69, 9.17) is 24.2 Å². The van der Waals surface area contributed by atoms with Crippen molar-refractivity contribution in [3.63, 3.8) is 0 Å². The highest BCUT2D eigenvalue weighted by Gasteiger charge is 2.49. The Morgan fingerprint density at radius 1 is 0.800 bits per heavy atom. The summed E-state index contributed by atoms with van der Waals surface area (Å²) in [5.74, 6) is -2.81. The average Bonchev–Trinajstić information content (AvgIpc) is 3.96. The number of carbonyl (C=O) groups excluding carboxylic acids is 2. The van der Waals surface area contributed by atoms with Gasteiger partial charge in [0.05, 0.1) is 29.2 Å². The lowest BCUT2D eigenvalue weighted by Gasteiger charge is -2.47. The van der Waals surface area contributed by atoms with Crippen molar-refractivity contribution in [1.82, 2.24) is 24.5 Å². The molecule has 3 aliphatic rings. The molecule has 3 saturated carbocycles. The fourth-order valence-electron chi connectivity index (χ4n) is 9.13. The van der Waals surface area contributed by atoms with E-state index in [1.807, 2.05) is 107 Å². The number of aromatic nitrogens is 5. The molecular weight excluding hydrogens is 787 g/mol. The van der Waals surface area contributed by atoms with E-state index in [0.717, 1.165) is 48.6 Å². The lowest BCUT2D eigenvalue weighted by molar-refractivity contribution is -0.164. The highest BCUT2D eigenvalue weighted by atomic mass is 32.1. The summed E-state index contributed by atoms with van der Waals surface area (Å²) in [5, 5.41) is 5.17. The Morgan fingerprint density at radius 3 is 2.03 bits per heavy atom. The van der Waals surface area contributed by atoms with Gasteiger partial charge >= 0.3 is 12.1 Å². The van der Waals surface area contributed by atoms with Gasteiger partial charge in [0.1, 0.15) is 16.7 Å². The van der Waals surface area contributed by atoms with Crippen LogP contribution in [0.1, 0.15) is 49.3 Å². The van der Waals surface area contributed by atoms with E-state index in [-0.39, 0.29) is 41.3 Å². The number of nitrogens with zero attached hydrogens (tertiary/aromatic N) is 5. The second-order valence-corrected chi connectivity index (χ2v) is 15.8. The SMILES string of the molecule is CCOC(=O)OCOC(=O)[C@H]1C2CCC(CC2)[C@@H]1Nc1nc(-c2cn(C(c3ccccc3)(c3ccccc3)c3ccccc3)c3ncc(F)nc23)nc(-c2cccs2)c1F. The fraction of sp³-hybridized carbons (Fsp3) is 0.261. The van der Waals surface area contributed by atoms with Crippen molar-refractivity contribution in [3.8, 4) is 22.0 Å². The largest absolute Gasteiger partial charge is 0.511 e. The molecule has 0 saturated heterocycles. The molecule has 2 atom stereocenters. The van der Waals surface area contributed by atoms with Gasteiger partial charge < -0.3 is 24.1 Å². The number of anilines is 1. The average molecular weight is 827 g/mol. The van der Waals surface area contributed by atoms with E-state index in [9.17, 15) is 9.59 Å². The molecule has 0 radical (unpaired) electrons. The Morgan fingerprint density at radius 2 is 1.43 bits per heavy atom. The number of benzene rings is 3. The number of nitrogens with one attached hydrogen (secondary N) is 1. The van der Waals surface area contributed by atoms with Crippen LogP contribution in [0.2, 0.25) is 0 Å². The van der Waals surface area contributed by atoms with Gasteiger partial charge in [-0.15, -0.1) is 11.3 Å². The first-order valence-corrected chi connectivity index (χ1v) is 20.8. The van der Waals surface area contributed by atoms with E-state index in [0.29, 0.717) is 16.1 Å². The molecule has 14 heteroatoms. The lowest BCUT2D eigenvalue weighted by Crippen LogP contribution is -2.52. The van der Waals surface area contributed by atoms with Crippen LogP contribution in [0.4, 0.5) is 19.4 Å². The van der Waals surface area contributed by atoms with Gasteiger partial charge in [-0.2, -0.15) is 4.39 Å². The Kier molecular flexibility index (Phi) is 10.8. The maximum atomic E-state index is 17.0. The van der Waals surface area contributed by atoms with Crippen LogP contribution in [0.25, 0.3) is 33.1 Å². The van der Waals surface area contributed by atoms with Crippen LogP contribution in [0.5, 0.6) is 0 Å². The molecule has 4 heterocycles. The first-order valence-electron chi connectivity index (χ1n) is 19.9. The van der Waals surface area contributed by atoms with Crippen molar-refractivity contribution in [2.75, 3.05) is 18.7 Å². The molecule has 0 amide bonds. The molecule has 0 aliphatic heterocycles. The first-order chi connectivity index (χ1) is 29.4. The summed E-state index contributed by atoms with van der Waals surface area (Å²) in [6.07, 6.45) is 5.21. The van der Waals surface area contributed by atoms with Gasteiger partial charge in [-0.1, -0.05) is 97.1 Å². The fourth-order valence-corrected chi connectivity index (χ4v) is 9.84. The molecule has 7 aromatic rings. The number of hydrogen-bond acceptors (Lipinski definition) is 11. The molecule has 10 rings (SSSR count). The Balaban J connectivity index is 1.22. The predicted molar refractivity (Wildman–Crippen MR) is 222 cm³/mol. The zero-order chi connectivity index (χ0) is 41.2. The minimum atomic E-state index is -1.06. The predicted octanol–water partition coefficient (Wildman–Crippen LogP) is 9.63. The monoisotopic (exact) mass is 826 g/mol. The van der Waals surface area contributed by atoms with E-state index in [1.54, 1.807) is 19.1 Å². The standard InChI is InChI=1S/C46H40F2N6O5S/c1-2-57-45(56)59-27-58-44(55)36-28-20-22-29(23-21-28)38(36)51-42-37(48)40(34-19-12-24-60-34)52-41(53-42)33-26-54(43-39(33)50-35(47)25-49-43)46(30-13-6-3-7-14-30,31-15-8-4-9-16-31)32-17-10-5-11-18-32/h3-19,24-26,28-29,36,38H,2,20-23,27H2,1H3,(H,51,52,53)/t28?,29?,36-,38-/m0/s1. The van der Waals surface area contributed by atoms with Gasteiger partial charge in [0.2, 0.25) is 12.7 Å². The molecule has 304 valence electrons. The Hall–Kier alpha value is -6.54. The van der Waals surface area contributed by atoms with Gasteiger partial charge in [0.25, 0.3) is 0 Å². The summed E-state index contributed by atoms with van der Waals surface area (Å²) < 4.78 is 49.5. The van der Waals surface area contributed by atoms with Gasteiger partial charge in [0, 0.05) is 12.2 Å². The summed E-state index contributed by atoms with van der Waals surface area (Å²) >= 11 is 1.31. The molecule has 2 bridgehead atoms.